The Labute approximate surface area is 284 Å². The summed E-state index contributed by atoms with van der Waals surface area (Å²) in [5.41, 5.74) is 0.229. The van der Waals surface area contributed by atoms with Crippen LogP contribution in [0.2, 0.25) is 0 Å². The molecule has 0 aliphatic carbocycles. The molecule has 3 unspecified atom stereocenters. The van der Waals surface area contributed by atoms with Gasteiger partial charge in [0.15, 0.2) is 6.29 Å². The Kier molecular flexibility index (Phi) is 20.6. The first-order chi connectivity index (χ1) is 23.1. The summed E-state index contributed by atoms with van der Waals surface area (Å²) in [6, 6.07) is 5.13. The molecule has 48 heavy (non-hydrogen) atoms. The molecule has 0 spiro atoms. The molecule has 276 valence electrons. The topological polar surface area (TPSA) is 193 Å². The van der Waals surface area contributed by atoms with Crippen molar-refractivity contribution >= 4 is 12.1 Å². The van der Waals surface area contributed by atoms with Crippen LogP contribution < -0.4 is 10.1 Å². The van der Waals surface area contributed by atoms with E-state index in [1.165, 1.54) is 77.0 Å². The molecule has 1 aliphatic rings. The zero-order valence-corrected chi connectivity index (χ0v) is 28.8. The van der Waals surface area contributed by atoms with Gasteiger partial charge in [0, 0.05) is 0 Å². The molecular formula is C35H59NO12. The third-order valence-corrected chi connectivity index (χ3v) is 8.81. The molecule has 13 heteroatoms. The smallest absolute Gasteiger partial charge is 0.410 e. The highest BCUT2D eigenvalue weighted by atomic mass is 16.7. The lowest BCUT2D eigenvalue weighted by atomic mass is 9.92. The molecule has 1 fully saturated rings. The van der Waals surface area contributed by atoms with Crippen molar-refractivity contribution in [3.05, 3.63) is 29.8 Å². The van der Waals surface area contributed by atoms with Crippen molar-refractivity contribution < 1.29 is 58.8 Å². The highest BCUT2D eigenvalue weighted by Gasteiger charge is 2.44. The molecule has 13 nitrogen and oxygen atoms in total. The number of carbonyl (C=O) groups excluding carboxylic acids is 2. The van der Waals surface area contributed by atoms with E-state index in [1.54, 1.807) is 12.1 Å². The Morgan fingerprint density at radius 2 is 1.44 bits per heavy atom. The fourth-order valence-corrected chi connectivity index (χ4v) is 5.64. The number of esters is 1. The third-order valence-electron chi connectivity index (χ3n) is 8.81. The van der Waals surface area contributed by atoms with Crippen molar-refractivity contribution in [2.45, 2.75) is 140 Å². The molecule has 2 rings (SSSR count). The number of aliphatic hydroxyl groups excluding tert-OH is 5. The van der Waals surface area contributed by atoms with Crippen LogP contribution in [0, 0.1) is 5.92 Å². The Bertz CT molecular complexity index is 1010. The van der Waals surface area contributed by atoms with Gasteiger partial charge in [0.05, 0.1) is 38.0 Å². The summed E-state index contributed by atoms with van der Waals surface area (Å²) in [4.78, 5) is 25.0. The average molecular weight is 686 g/mol. The summed E-state index contributed by atoms with van der Waals surface area (Å²) in [6.07, 6.45) is 5.65. The molecule has 0 bridgehead atoms. The Balaban J connectivity index is 1.86. The highest BCUT2D eigenvalue weighted by Crippen LogP contribution is 2.24. The summed E-state index contributed by atoms with van der Waals surface area (Å²) in [5.74, 6) is -0.417. The predicted octanol–water partition coefficient (Wildman–Crippen LogP) is 3.81. The third kappa shape index (κ3) is 14.9. The average Bonchev–Trinajstić information content (AvgIpc) is 3.09. The summed E-state index contributed by atoms with van der Waals surface area (Å²) in [7, 11) is 1.50. The number of unbranched alkanes of at least 4 members (excludes halogenated alkanes) is 11. The standard InChI is InChI=1S/C35H59NO12/c1-4-5-6-7-8-9-10-11-12-13-14-15-16-24(2)29(38)27(22-45-34-32(41)31(40)30(39)28(21-37)48-34)36-35(43)47-23-46-33(42)25-17-19-26(44-3)20-18-25/h17-20,24,27-32,34,37-41H,4-16,21-23H2,1-3H3,(H,36,43)/t24-,27?,28?,29-,30+,31+,32?,34+/m1/s1. The maximum Gasteiger partial charge on any atom is 0.410 e. The fraction of sp³-hybridized carbons (Fsp3) is 0.771. The molecule has 1 heterocycles. The minimum absolute atomic E-state index is 0.229. The zero-order chi connectivity index (χ0) is 35.3. The molecule has 1 aliphatic heterocycles. The number of alkyl carbamates (subject to hydrolysis) is 1. The van der Waals surface area contributed by atoms with E-state index < -0.39 is 68.3 Å². The number of hydrogen-bond acceptors (Lipinski definition) is 12. The summed E-state index contributed by atoms with van der Waals surface area (Å²) in [5, 5.41) is 53.8. The minimum atomic E-state index is -1.65. The molecule has 0 aromatic heterocycles. The molecule has 1 aromatic carbocycles. The summed E-state index contributed by atoms with van der Waals surface area (Å²) >= 11 is 0. The van der Waals surface area contributed by atoms with Crippen molar-refractivity contribution in [2.24, 2.45) is 5.92 Å². The van der Waals surface area contributed by atoms with Crippen LogP contribution >= 0.6 is 0 Å². The first-order valence-electron chi connectivity index (χ1n) is 17.5. The van der Waals surface area contributed by atoms with Crippen molar-refractivity contribution in [2.75, 3.05) is 27.1 Å². The summed E-state index contributed by atoms with van der Waals surface area (Å²) in [6.45, 7) is 2.39. The number of amides is 1. The van der Waals surface area contributed by atoms with E-state index in [0.29, 0.717) is 12.2 Å². The Hall–Kier alpha value is -2.52. The Morgan fingerprint density at radius 1 is 0.854 bits per heavy atom. The van der Waals surface area contributed by atoms with E-state index in [0.717, 1.165) is 19.3 Å². The maximum absolute atomic E-state index is 12.7. The number of benzene rings is 1. The molecule has 1 aromatic rings. The van der Waals surface area contributed by atoms with Gasteiger partial charge in [0.2, 0.25) is 6.79 Å². The first-order valence-corrected chi connectivity index (χ1v) is 17.5. The van der Waals surface area contributed by atoms with Gasteiger partial charge < -0.3 is 54.5 Å². The van der Waals surface area contributed by atoms with Gasteiger partial charge in [-0.1, -0.05) is 90.9 Å². The quantitative estimate of drug-likeness (QED) is 0.0525. The summed E-state index contributed by atoms with van der Waals surface area (Å²) < 4.78 is 26.1. The minimum Gasteiger partial charge on any atom is -0.497 e. The normalized spacial score (nSPS) is 22.8. The zero-order valence-electron chi connectivity index (χ0n) is 28.8. The van der Waals surface area contributed by atoms with Crippen LogP contribution in [-0.2, 0) is 18.9 Å². The van der Waals surface area contributed by atoms with Crippen LogP contribution in [0.25, 0.3) is 0 Å². The van der Waals surface area contributed by atoms with E-state index in [1.807, 2.05) is 6.92 Å². The van der Waals surface area contributed by atoms with Gasteiger partial charge in [-0.05, 0) is 36.6 Å². The highest BCUT2D eigenvalue weighted by molar-refractivity contribution is 5.89. The molecule has 8 atom stereocenters. The van der Waals surface area contributed by atoms with E-state index in [2.05, 4.69) is 12.2 Å². The molecule has 1 saturated heterocycles. The largest absolute Gasteiger partial charge is 0.497 e. The lowest BCUT2D eigenvalue weighted by Gasteiger charge is -2.40. The van der Waals surface area contributed by atoms with Gasteiger partial charge in [-0.3, -0.25) is 0 Å². The van der Waals surface area contributed by atoms with E-state index in [9.17, 15) is 35.1 Å². The second-order valence-electron chi connectivity index (χ2n) is 12.6. The van der Waals surface area contributed by atoms with Gasteiger partial charge in [-0.2, -0.15) is 0 Å². The van der Waals surface area contributed by atoms with Crippen LogP contribution in [-0.4, -0.2) is 108 Å². The van der Waals surface area contributed by atoms with Gasteiger partial charge in [0.25, 0.3) is 0 Å². The molecule has 6 N–H and O–H groups in total. The van der Waals surface area contributed by atoms with Gasteiger partial charge in [-0.25, -0.2) is 9.59 Å². The monoisotopic (exact) mass is 685 g/mol. The molecule has 1 amide bonds. The van der Waals surface area contributed by atoms with E-state index in [4.69, 9.17) is 23.7 Å². The van der Waals surface area contributed by atoms with Crippen LogP contribution in [0.4, 0.5) is 4.79 Å². The number of hydrogen-bond donors (Lipinski definition) is 6. The SMILES string of the molecule is CCCCCCCCCCCCCC[C@@H](C)[C@@H](O)C(CO[C@H]1OC(CO)[C@H](O)[C@H](O)C1O)NC(=O)OCOC(=O)c1ccc(OC)cc1. The van der Waals surface area contributed by atoms with Crippen molar-refractivity contribution in [3.63, 3.8) is 0 Å². The van der Waals surface area contributed by atoms with Crippen molar-refractivity contribution in [1.29, 1.82) is 0 Å². The lowest BCUT2D eigenvalue weighted by Crippen LogP contribution is -2.60. The van der Waals surface area contributed by atoms with E-state index in [-0.39, 0.29) is 18.1 Å². The van der Waals surface area contributed by atoms with Crippen LogP contribution in [0.5, 0.6) is 5.75 Å². The second-order valence-corrected chi connectivity index (χ2v) is 12.6. The first kappa shape index (κ1) is 41.7. The number of nitrogens with one attached hydrogen (secondary N) is 1. The molecular weight excluding hydrogens is 626 g/mol. The predicted molar refractivity (Wildman–Crippen MR) is 177 cm³/mol. The fourth-order valence-electron chi connectivity index (χ4n) is 5.64. The number of methoxy groups -OCH3 is 1. The molecule has 0 saturated carbocycles. The number of carbonyl (C=O) groups is 2. The maximum atomic E-state index is 12.7. The van der Waals surface area contributed by atoms with Gasteiger partial charge in [0.1, 0.15) is 30.2 Å². The van der Waals surface area contributed by atoms with E-state index >= 15 is 0 Å². The van der Waals surface area contributed by atoms with Crippen LogP contribution in [0.1, 0.15) is 108 Å². The van der Waals surface area contributed by atoms with Crippen LogP contribution in [0.15, 0.2) is 24.3 Å². The Morgan fingerprint density at radius 3 is 2.00 bits per heavy atom. The van der Waals surface area contributed by atoms with Crippen molar-refractivity contribution in [3.8, 4) is 5.75 Å². The van der Waals surface area contributed by atoms with Crippen LogP contribution in [0.3, 0.4) is 0 Å². The number of aliphatic hydroxyl groups is 5. The second kappa shape index (κ2) is 23.8. The number of rotatable bonds is 24. The van der Waals surface area contributed by atoms with Gasteiger partial charge >= 0.3 is 12.1 Å². The number of ether oxygens (including phenoxy) is 5. The molecule has 0 radical (unpaired) electrons. The van der Waals surface area contributed by atoms with Crippen molar-refractivity contribution in [1.82, 2.24) is 5.32 Å². The lowest BCUT2D eigenvalue weighted by molar-refractivity contribution is -0.303. The van der Waals surface area contributed by atoms with Gasteiger partial charge in [-0.15, -0.1) is 0 Å².